The molecule has 2 rings (SSSR count). The first kappa shape index (κ1) is 13.4. The van der Waals surface area contributed by atoms with Crippen LogP contribution in [0.5, 0.6) is 0 Å². The molecule has 0 aliphatic heterocycles. The van der Waals surface area contributed by atoms with Gasteiger partial charge in [-0.3, -0.25) is 0 Å². The molecule has 19 heavy (non-hydrogen) atoms. The van der Waals surface area contributed by atoms with E-state index >= 15 is 0 Å². The van der Waals surface area contributed by atoms with E-state index in [0.29, 0.717) is 0 Å². The Kier molecular flexibility index (Phi) is 3.74. The summed E-state index contributed by atoms with van der Waals surface area (Å²) in [4.78, 5) is 8.80. The van der Waals surface area contributed by atoms with Crippen molar-refractivity contribution < 1.29 is 4.42 Å². The second-order valence-electron chi connectivity index (χ2n) is 4.66. The Bertz CT molecular complexity index is 577. The van der Waals surface area contributed by atoms with Crippen molar-refractivity contribution >= 4 is 11.6 Å². The maximum Gasteiger partial charge on any atom is 0.135 e. The summed E-state index contributed by atoms with van der Waals surface area (Å²) >= 11 is 0. The smallest absolute Gasteiger partial charge is 0.135 e. The number of aryl methyl sites for hydroxylation is 2. The van der Waals surface area contributed by atoms with Crippen LogP contribution in [0.3, 0.4) is 0 Å². The summed E-state index contributed by atoms with van der Waals surface area (Å²) in [6.07, 6.45) is 0. The first-order chi connectivity index (χ1) is 9.01. The largest absolute Gasteiger partial charge is 0.464 e. The fraction of sp³-hybridized carbons (Fsp3) is 0.429. The highest BCUT2D eigenvalue weighted by Crippen LogP contribution is 2.25. The minimum Gasteiger partial charge on any atom is -0.464 e. The minimum atomic E-state index is 0.0615. The van der Waals surface area contributed by atoms with Crippen molar-refractivity contribution in [3.63, 3.8) is 0 Å². The first-order valence-electron chi connectivity index (χ1n) is 6.37. The van der Waals surface area contributed by atoms with Crippen molar-refractivity contribution in [3.8, 4) is 0 Å². The van der Waals surface area contributed by atoms with Crippen LogP contribution in [-0.4, -0.2) is 17.0 Å². The summed E-state index contributed by atoms with van der Waals surface area (Å²) < 4.78 is 5.62. The van der Waals surface area contributed by atoms with Crippen molar-refractivity contribution in [1.82, 2.24) is 9.97 Å². The lowest BCUT2D eigenvalue weighted by Gasteiger charge is -2.16. The number of hydrogen-bond acceptors (Lipinski definition) is 5. The van der Waals surface area contributed by atoms with Gasteiger partial charge in [-0.25, -0.2) is 9.97 Å². The van der Waals surface area contributed by atoms with Gasteiger partial charge in [0.15, 0.2) is 0 Å². The molecule has 0 saturated carbocycles. The van der Waals surface area contributed by atoms with Crippen LogP contribution in [0.25, 0.3) is 0 Å². The predicted octanol–water partition coefficient (Wildman–Crippen LogP) is 3.21. The standard InChI is InChI=1S/C14H20N4O/c1-8-6-7-12(19-8)10(3)16-14-9(2)13(15-5)17-11(4)18-14/h6-7,10H,1-5H3,(H2,15,16,17,18). The zero-order valence-corrected chi connectivity index (χ0v) is 12.0. The molecule has 0 radical (unpaired) electrons. The van der Waals surface area contributed by atoms with Crippen molar-refractivity contribution in [2.45, 2.75) is 33.7 Å². The van der Waals surface area contributed by atoms with Crippen LogP contribution in [0.1, 0.15) is 35.9 Å². The summed E-state index contributed by atoms with van der Waals surface area (Å²) in [5, 5.41) is 6.45. The quantitative estimate of drug-likeness (QED) is 0.883. The van der Waals surface area contributed by atoms with Gasteiger partial charge in [-0.2, -0.15) is 0 Å². The van der Waals surface area contributed by atoms with Gasteiger partial charge in [-0.05, 0) is 39.8 Å². The molecule has 0 saturated heterocycles. The van der Waals surface area contributed by atoms with E-state index in [2.05, 4.69) is 20.6 Å². The van der Waals surface area contributed by atoms with Crippen molar-refractivity contribution in [1.29, 1.82) is 0 Å². The Morgan fingerprint density at radius 3 is 2.37 bits per heavy atom. The average Bonchev–Trinajstić information content (AvgIpc) is 2.80. The normalized spacial score (nSPS) is 12.3. The molecule has 2 aromatic rings. The Morgan fingerprint density at radius 1 is 1.11 bits per heavy atom. The van der Waals surface area contributed by atoms with E-state index < -0.39 is 0 Å². The Labute approximate surface area is 113 Å². The maximum absolute atomic E-state index is 5.62. The van der Waals surface area contributed by atoms with Crippen LogP contribution < -0.4 is 10.6 Å². The molecule has 0 aromatic carbocycles. The summed E-state index contributed by atoms with van der Waals surface area (Å²) in [6.45, 7) is 7.87. The summed E-state index contributed by atoms with van der Waals surface area (Å²) in [7, 11) is 1.86. The molecule has 0 spiro atoms. The molecule has 0 fully saturated rings. The second kappa shape index (κ2) is 5.30. The number of hydrogen-bond donors (Lipinski definition) is 2. The van der Waals surface area contributed by atoms with E-state index in [1.807, 2.05) is 46.9 Å². The van der Waals surface area contributed by atoms with Crippen LogP contribution in [0.2, 0.25) is 0 Å². The third-order valence-corrected chi connectivity index (χ3v) is 3.04. The molecule has 0 bridgehead atoms. The number of rotatable bonds is 4. The SMILES string of the molecule is CNc1nc(C)nc(NC(C)c2ccc(C)o2)c1C. The van der Waals surface area contributed by atoms with Crippen LogP contribution in [0, 0.1) is 20.8 Å². The molecule has 1 atom stereocenters. The van der Waals surface area contributed by atoms with Crippen LogP contribution in [0.4, 0.5) is 11.6 Å². The summed E-state index contributed by atoms with van der Waals surface area (Å²) in [6, 6.07) is 4.01. The maximum atomic E-state index is 5.62. The Balaban J connectivity index is 2.25. The Morgan fingerprint density at radius 2 is 1.79 bits per heavy atom. The molecule has 102 valence electrons. The molecule has 2 heterocycles. The zero-order chi connectivity index (χ0) is 14.0. The van der Waals surface area contributed by atoms with Crippen molar-refractivity contribution in [2.75, 3.05) is 17.7 Å². The van der Waals surface area contributed by atoms with Crippen LogP contribution >= 0.6 is 0 Å². The van der Waals surface area contributed by atoms with E-state index in [1.54, 1.807) is 0 Å². The van der Waals surface area contributed by atoms with Gasteiger partial charge in [0.05, 0.1) is 6.04 Å². The fourth-order valence-electron chi connectivity index (χ4n) is 1.97. The van der Waals surface area contributed by atoms with Crippen molar-refractivity contribution in [3.05, 3.63) is 35.0 Å². The lowest BCUT2D eigenvalue weighted by atomic mass is 10.2. The molecule has 0 aliphatic rings. The third kappa shape index (κ3) is 2.86. The van der Waals surface area contributed by atoms with Gasteiger partial charge in [-0.1, -0.05) is 0 Å². The number of furan rings is 1. The number of aromatic nitrogens is 2. The third-order valence-electron chi connectivity index (χ3n) is 3.04. The minimum absolute atomic E-state index is 0.0615. The molecule has 5 heteroatoms. The van der Waals surface area contributed by atoms with E-state index in [0.717, 1.165) is 34.5 Å². The van der Waals surface area contributed by atoms with Gasteiger partial charge in [0.2, 0.25) is 0 Å². The van der Waals surface area contributed by atoms with E-state index in [4.69, 9.17) is 4.42 Å². The fourth-order valence-corrected chi connectivity index (χ4v) is 1.97. The molecule has 5 nitrogen and oxygen atoms in total. The number of nitrogens with one attached hydrogen (secondary N) is 2. The monoisotopic (exact) mass is 260 g/mol. The van der Waals surface area contributed by atoms with Gasteiger partial charge in [0.1, 0.15) is 29.0 Å². The van der Waals surface area contributed by atoms with Gasteiger partial charge >= 0.3 is 0 Å². The molecule has 2 aromatic heterocycles. The van der Waals surface area contributed by atoms with E-state index in [-0.39, 0.29) is 6.04 Å². The second-order valence-corrected chi connectivity index (χ2v) is 4.66. The van der Waals surface area contributed by atoms with Gasteiger partial charge < -0.3 is 15.1 Å². The summed E-state index contributed by atoms with van der Waals surface area (Å²) in [5.74, 6) is 4.23. The van der Waals surface area contributed by atoms with Gasteiger partial charge in [0, 0.05) is 12.6 Å². The average molecular weight is 260 g/mol. The highest BCUT2D eigenvalue weighted by atomic mass is 16.3. The van der Waals surface area contributed by atoms with E-state index in [1.165, 1.54) is 0 Å². The predicted molar refractivity (Wildman–Crippen MR) is 76.5 cm³/mol. The molecule has 1 unspecified atom stereocenters. The number of nitrogens with zero attached hydrogens (tertiary/aromatic N) is 2. The lowest BCUT2D eigenvalue weighted by Crippen LogP contribution is -2.11. The highest BCUT2D eigenvalue weighted by molar-refractivity contribution is 5.57. The van der Waals surface area contributed by atoms with Gasteiger partial charge in [-0.15, -0.1) is 0 Å². The van der Waals surface area contributed by atoms with Crippen molar-refractivity contribution in [2.24, 2.45) is 0 Å². The highest BCUT2D eigenvalue weighted by Gasteiger charge is 2.14. The topological polar surface area (TPSA) is 63.0 Å². The van der Waals surface area contributed by atoms with E-state index in [9.17, 15) is 0 Å². The number of anilines is 2. The first-order valence-corrected chi connectivity index (χ1v) is 6.37. The molecule has 2 N–H and O–H groups in total. The lowest BCUT2D eigenvalue weighted by molar-refractivity contribution is 0.466. The summed E-state index contributed by atoms with van der Waals surface area (Å²) in [5.41, 5.74) is 1.00. The molecular formula is C14H20N4O. The Hall–Kier alpha value is -2.04. The van der Waals surface area contributed by atoms with Gasteiger partial charge in [0.25, 0.3) is 0 Å². The molecule has 0 amide bonds. The zero-order valence-electron chi connectivity index (χ0n) is 12.0. The van der Waals surface area contributed by atoms with Crippen LogP contribution in [0.15, 0.2) is 16.5 Å². The molecule has 0 aliphatic carbocycles. The van der Waals surface area contributed by atoms with Crippen LogP contribution in [-0.2, 0) is 0 Å². The molecular weight excluding hydrogens is 240 g/mol.